The highest BCUT2D eigenvalue weighted by molar-refractivity contribution is 9.10. The summed E-state index contributed by atoms with van der Waals surface area (Å²) in [6.07, 6.45) is -0.330. The Morgan fingerprint density at radius 3 is 2.63 bits per heavy atom. The zero-order valence-corrected chi connectivity index (χ0v) is 11.9. The summed E-state index contributed by atoms with van der Waals surface area (Å²) in [5.41, 5.74) is 2.06. The van der Waals surface area contributed by atoms with E-state index in [2.05, 4.69) is 15.9 Å². The van der Waals surface area contributed by atoms with E-state index in [9.17, 15) is 4.79 Å². The number of halogens is 1. The maximum Gasteiger partial charge on any atom is 0.415 e. The zero-order valence-electron chi connectivity index (χ0n) is 10.3. The van der Waals surface area contributed by atoms with Crippen LogP contribution in [0.25, 0.3) is 0 Å². The molecule has 3 nitrogen and oxygen atoms in total. The molecule has 1 aliphatic heterocycles. The molecule has 96 valence electrons. The maximum absolute atomic E-state index is 11.9. The first-order valence-corrected chi connectivity index (χ1v) is 6.75. The predicted molar refractivity (Wildman–Crippen MR) is 76.2 cm³/mol. The summed E-state index contributed by atoms with van der Waals surface area (Å²) in [4.78, 5) is 13.5. The standard InChI is InChI=1S/C15H12BrNO2/c1-17-14(10-5-3-2-4-6-10)12-9-11(16)7-8-13(12)19-15(17)18/h2-9,14H,1H3. The topological polar surface area (TPSA) is 29.5 Å². The van der Waals surface area contributed by atoms with Gasteiger partial charge in [-0.3, -0.25) is 4.90 Å². The minimum atomic E-state index is -0.330. The van der Waals surface area contributed by atoms with Gasteiger partial charge in [-0.15, -0.1) is 0 Å². The molecule has 3 rings (SSSR count). The second-order valence-electron chi connectivity index (χ2n) is 4.47. The minimum absolute atomic E-state index is 0.116. The van der Waals surface area contributed by atoms with E-state index in [0.29, 0.717) is 5.75 Å². The van der Waals surface area contributed by atoms with Crippen LogP contribution < -0.4 is 4.74 Å². The third kappa shape index (κ3) is 2.12. The number of ether oxygens (including phenoxy) is 1. The molecule has 0 fully saturated rings. The van der Waals surface area contributed by atoms with Gasteiger partial charge in [-0.2, -0.15) is 0 Å². The Hall–Kier alpha value is -1.81. The van der Waals surface area contributed by atoms with Gasteiger partial charge in [0, 0.05) is 17.1 Å². The normalized spacial score (nSPS) is 17.9. The Balaban J connectivity index is 2.17. The van der Waals surface area contributed by atoms with Crippen LogP contribution in [0.1, 0.15) is 17.2 Å². The molecule has 0 bridgehead atoms. The second-order valence-corrected chi connectivity index (χ2v) is 5.39. The monoisotopic (exact) mass is 317 g/mol. The third-order valence-electron chi connectivity index (χ3n) is 3.25. The molecule has 2 aromatic rings. The molecule has 0 radical (unpaired) electrons. The Labute approximate surface area is 119 Å². The van der Waals surface area contributed by atoms with Gasteiger partial charge in [0.25, 0.3) is 0 Å². The van der Waals surface area contributed by atoms with Crippen LogP contribution in [0.15, 0.2) is 53.0 Å². The van der Waals surface area contributed by atoms with Crippen molar-refractivity contribution < 1.29 is 9.53 Å². The number of carbonyl (C=O) groups excluding carboxylic acids is 1. The molecule has 0 aliphatic carbocycles. The van der Waals surface area contributed by atoms with E-state index in [4.69, 9.17) is 4.74 Å². The van der Waals surface area contributed by atoms with Crippen molar-refractivity contribution in [2.45, 2.75) is 6.04 Å². The van der Waals surface area contributed by atoms with Crippen LogP contribution in [0.2, 0.25) is 0 Å². The summed E-state index contributed by atoms with van der Waals surface area (Å²) in [5.74, 6) is 0.625. The van der Waals surface area contributed by atoms with Crippen LogP contribution in [-0.4, -0.2) is 18.0 Å². The molecule has 19 heavy (non-hydrogen) atoms. The zero-order chi connectivity index (χ0) is 13.4. The largest absolute Gasteiger partial charge is 0.415 e. The summed E-state index contributed by atoms with van der Waals surface area (Å²) < 4.78 is 6.29. The van der Waals surface area contributed by atoms with Gasteiger partial charge in [0.1, 0.15) is 5.75 Å². The number of hydrogen-bond donors (Lipinski definition) is 0. The van der Waals surface area contributed by atoms with E-state index < -0.39 is 0 Å². The predicted octanol–water partition coefficient (Wildman–Crippen LogP) is 3.98. The van der Waals surface area contributed by atoms with Gasteiger partial charge in [0.2, 0.25) is 0 Å². The minimum Gasteiger partial charge on any atom is -0.410 e. The van der Waals surface area contributed by atoms with E-state index in [-0.39, 0.29) is 12.1 Å². The summed E-state index contributed by atoms with van der Waals surface area (Å²) in [7, 11) is 1.75. The lowest BCUT2D eigenvalue weighted by atomic mass is 9.96. The van der Waals surface area contributed by atoms with E-state index >= 15 is 0 Å². The van der Waals surface area contributed by atoms with Gasteiger partial charge >= 0.3 is 6.09 Å². The van der Waals surface area contributed by atoms with Crippen molar-refractivity contribution >= 4 is 22.0 Å². The molecule has 0 spiro atoms. The molecule has 1 atom stereocenters. The summed E-state index contributed by atoms with van der Waals surface area (Å²) in [5, 5.41) is 0. The molecule has 1 unspecified atom stereocenters. The van der Waals surface area contributed by atoms with Crippen LogP contribution in [0.3, 0.4) is 0 Å². The lowest BCUT2D eigenvalue weighted by Gasteiger charge is -2.33. The molecular weight excluding hydrogens is 306 g/mol. The molecular formula is C15H12BrNO2. The maximum atomic E-state index is 11.9. The van der Waals surface area contributed by atoms with Crippen LogP contribution >= 0.6 is 15.9 Å². The molecule has 0 saturated heterocycles. The van der Waals surface area contributed by atoms with Crippen molar-refractivity contribution in [3.05, 3.63) is 64.1 Å². The van der Waals surface area contributed by atoms with E-state index in [1.807, 2.05) is 48.5 Å². The molecule has 0 saturated carbocycles. The summed E-state index contributed by atoms with van der Waals surface area (Å²) in [6, 6.07) is 15.5. The molecule has 0 aromatic heterocycles. The Morgan fingerprint density at radius 2 is 1.89 bits per heavy atom. The number of benzene rings is 2. The number of nitrogens with zero attached hydrogens (tertiary/aromatic N) is 1. The first kappa shape index (κ1) is 12.2. The lowest BCUT2D eigenvalue weighted by molar-refractivity contribution is 0.140. The molecule has 4 heteroatoms. The van der Waals surface area contributed by atoms with Gasteiger partial charge < -0.3 is 4.74 Å². The van der Waals surface area contributed by atoms with E-state index in [0.717, 1.165) is 15.6 Å². The summed E-state index contributed by atoms with van der Waals surface area (Å²) >= 11 is 3.47. The first-order chi connectivity index (χ1) is 9.16. The lowest BCUT2D eigenvalue weighted by Crippen LogP contribution is -2.38. The molecule has 1 heterocycles. The van der Waals surface area contributed by atoms with Crippen molar-refractivity contribution in [1.29, 1.82) is 0 Å². The fourth-order valence-corrected chi connectivity index (χ4v) is 2.72. The fraction of sp³-hybridized carbons (Fsp3) is 0.133. The number of carbonyl (C=O) groups is 1. The second kappa shape index (κ2) is 4.70. The van der Waals surface area contributed by atoms with Crippen LogP contribution in [0.4, 0.5) is 4.79 Å². The average molecular weight is 318 g/mol. The Bertz CT molecular complexity index is 627. The number of fused-ring (bicyclic) bond motifs is 1. The highest BCUT2D eigenvalue weighted by Gasteiger charge is 2.32. The van der Waals surface area contributed by atoms with Crippen molar-refractivity contribution in [2.24, 2.45) is 0 Å². The molecule has 1 amide bonds. The number of amides is 1. The number of rotatable bonds is 1. The highest BCUT2D eigenvalue weighted by atomic mass is 79.9. The highest BCUT2D eigenvalue weighted by Crippen LogP contribution is 2.39. The number of hydrogen-bond acceptors (Lipinski definition) is 2. The quantitative estimate of drug-likeness (QED) is 0.796. The van der Waals surface area contributed by atoms with Crippen LogP contribution in [0, 0.1) is 0 Å². The Kier molecular flexibility index (Phi) is 3.03. The molecule has 2 aromatic carbocycles. The van der Waals surface area contributed by atoms with Gasteiger partial charge in [-0.1, -0.05) is 46.3 Å². The van der Waals surface area contributed by atoms with E-state index in [1.165, 1.54) is 0 Å². The van der Waals surface area contributed by atoms with Crippen LogP contribution in [0.5, 0.6) is 5.75 Å². The smallest absolute Gasteiger partial charge is 0.410 e. The average Bonchev–Trinajstić information content (AvgIpc) is 2.42. The van der Waals surface area contributed by atoms with Gasteiger partial charge in [0.15, 0.2) is 0 Å². The van der Waals surface area contributed by atoms with E-state index in [1.54, 1.807) is 11.9 Å². The SMILES string of the molecule is CN1C(=O)Oc2ccc(Br)cc2C1c1ccccc1. The van der Waals surface area contributed by atoms with Crippen molar-refractivity contribution in [3.8, 4) is 5.75 Å². The van der Waals surface area contributed by atoms with Crippen molar-refractivity contribution in [1.82, 2.24) is 4.90 Å². The van der Waals surface area contributed by atoms with Gasteiger partial charge in [-0.05, 0) is 23.8 Å². The molecule has 1 aliphatic rings. The Morgan fingerprint density at radius 1 is 1.16 bits per heavy atom. The summed E-state index contributed by atoms with van der Waals surface area (Å²) in [6.45, 7) is 0. The first-order valence-electron chi connectivity index (χ1n) is 5.96. The third-order valence-corrected chi connectivity index (χ3v) is 3.75. The van der Waals surface area contributed by atoms with Crippen molar-refractivity contribution in [2.75, 3.05) is 7.05 Å². The van der Waals surface area contributed by atoms with Gasteiger partial charge in [-0.25, -0.2) is 4.79 Å². The molecule has 0 N–H and O–H groups in total. The van der Waals surface area contributed by atoms with Crippen LogP contribution in [-0.2, 0) is 0 Å². The fourth-order valence-electron chi connectivity index (χ4n) is 2.34. The van der Waals surface area contributed by atoms with Crippen molar-refractivity contribution in [3.63, 3.8) is 0 Å². The van der Waals surface area contributed by atoms with Gasteiger partial charge in [0.05, 0.1) is 6.04 Å².